The second-order valence-electron chi connectivity index (χ2n) is 3.25. The molecule has 0 saturated carbocycles. The van der Waals surface area contributed by atoms with Crippen LogP contribution in [0.5, 0.6) is 0 Å². The van der Waals surface area contributed by atoms with Crippen molar-refractivity contribution in [2.75, 3.05) is 11.4 Å². The van der Waals surface area contributed by atoms with E-state index in [-0.39, 0.29) is 17.3 Å². The highest BCUT2D eigenvalue weighted by molar-refractivity contribution is 6.29. The summed E-state index contributed by atoms with van der Waals surface area (Å²) in [5.41, 5.74) is -0.681. The number of hydrogen-bond acceptors (Lipinski definition) is 2. The normalized spacial score (nSPS) is 10.8. The Morgan fingerprint density at radius 3 is 2.59 bits per heavy atom. The number of nitriles is 1. The van der Waals surface area contributed by atoms with Crippen molar-refractivity contribution in [3.8, 4) is 6.19 Å². The highest BCUT2D eigenvalue weighted by Gasteiger charge is 2.30. The Labute approximate surface area is 102 Å². The van der Waals surface area contributed by atoms with Crippen LogP contribution in [0.1, 0.15) is 5.56 Å². The maximum atomic E-state index is 12.5. The lowest BCUT2D eigenvalue weighted by atomic mass is 10.2. The molecule has 1 aromatic rings. The Bertz CT molecular complexity index is 463. The summed E-state index contributed by atoms with van der Waals surface area (Å²) < 4.78 is 37.4. The van der Waals surface area contributed by atoms with E-state index in [1.54, 1.807) is 6.19 Å². The van der Waals surface area contributed by atoms with Gasteiger partial charge < -0.3 is 0 Å². The summed E-state index contributed by atoms with van der Waals surface area (Å²) in [6, 6.07) is 4.47. The summed E-state index contributed by atoms with van der Waals surface area (Å²) in [5, 5.41) is 8.99. The first-order chi connectivity index (χ1) is 7.84. The maximum absolute atomic E-state index is 12.5. The molecule has 0 aliphatic carbocycles. The molecule has 0 aliphatic rings. The molecule has 0 bridgehead atoms. The monoisotopic (exact) mass is 260 g/mol. The van der Waals surface area contributed by atoms with Gasteiger partial charge in [-0.25, -0.2) is 0 Å². The first-order valence-corrected chi connectivity index (χ1v) is 4.90. The van der Waals surface area contributed by atoms with E-state index in [1.165, 1.54) is 12.1 Å². The molecule has 0 fully saturated rings. The third-order valence-corrected chi connectivity index (χ3v) is 2.06. The Morgan fingerprint density at radius 1 is 1.47 bits per heavy atom. The van der Waals surface area contributed by atoms with Crippen LogP contribution in [-0.4, -0.2) is 6.54 Å². The van der Waals surface area contributed by atoms with Crippen LogP contribution in [0.3, 0.4) is 0 Å². The number of halogens is 4. The van der Waals surface area contributed by atoms with Gasteiger partial charge in [0, 0.05) is 5.03 Å². The lowest BCUT2D eigenvalue weighted by molar-refractivity contribution is -0.137. The molecule has 1 aromatic carbocycles. The minimum Gasteiger partial charge on any atom is -0.274 e. The summed E-state index contributed by atoms with van der Waals surface area (Å²) in [6.07, 6.45) is -2.69. The molecule has 1 rings (SSSR count). The highest BCUT2D eigenvalue weighted by Crippen LogP contribution is 2.31. The van der Waals surface area contributed by atoms with E-state index in [0.29, 0.717) is 0 Å². The summed E-state index contributed by atoms with van der Waals surface area (Å²) in [4.78, 5) is 1.03. The highest BCUT2D eigenvalue weighted by atomic mass is 35.5. The second kappa shape index (κ2) is 5.11. The number of alkyl halides is 3. The molecule has 0 atom stereocenters. The average molecular weight is 261 g/mol. The Hall–Kier alpha value is -1.67. The van der Waals surface area contributed by atoms with Crippen LogP contribution in [0.15, 0.2) is 35.9 Å². The van der Waals surface area contributed by atoms with Crippen LogP contribution in [0.4, 0.5) is 18.9 Å². The van der Waals surface area contributed by atoms with Gasteiger partial charge in [0.1, 0.15) is 0 Å². The molecule has 0 amide bonds. The molecular weight excluding hydrogens is 253 g/mol. The van der Waals surface area contributed by atoms with Crippen LogP contribution in [-0.2, 0) is 6.18 Å². The van der Waals surface area contributed by atoms with Gasteiger partial charge in [-0.15, -0.1) is 0 Å². The molecule has 0 aliphatic heterocycles. The van der Waals surface area contributed by atoms with Gasteiger partial charge in [0.05, 0.1) is 17.8 Å². The van der Waals surface area contributed by atoms with Gasteiger partial charge in [-0.1, -0.05) is 24.2 Å². The molecule has 6 heteroatoms. The SMILES string of the molecule is C=C(Cl)CN(C#N)c1cccc(C(F)(F)F)c1. The Balaban J connectivity index is 3.06. The fraction of sp³-hybridized carbons (Fsp3) is 0.182. The molecule has 90 valence electrons. The number of rotatable bonds is 3. The van der Waals surface area contributed by atoms with Crippen LogP contribution >= 0.6 is 11.6 Å². The second-order valence-corrected chi connectivity index (χ2v) is 3.79. The minimum atomic E-state index is -4.44. The number of hydrogen-bond donors (Lipinski definition) is 0. The Morgan fingerprint density at radius 2 is 2.12 bits per heavy atom. The van der Waals surface area contributed by atoms with E-state index < -0.39 is 11.7 Å². The predicted octanol–water partition coefficient (Wildman–Crippen LogP) is 3.75. The van der Waals surface area contributed by atoms with Crippen LogP contribution in [0.2, 0.25) is 0 Å². The smallest absolute Gasteiger partial charge is 0.274 e. The van der Waals surface area contributed by atoms with Gasteiger partial charge in [0.2, 0.25) is 0 Å². The van der Waals surface area contributed by atoms with Gasteiger partial charge >= 0.3 is 6.18 Å². The topological polar surface area (TPSA) is 27.0 Å². The molecule has 0 radical (unpaired) electrons. The van der Waals surface area contributed by atoms with Crippen molar-refractivity contribution in [3.05, 3.63) is 41.4 Å². The van der Waals surface area contributed by atoms with Crippen molar-refractivity contribution in [2.24, 2.45) is 0 Å². The molecular formula is C11H8ClF3N2. The first kappa shape index (κ1) is 13.4. The minimum absolute atomic E-state index is 0.0284. The van der Waals surface area contributed by atoms with Gasteiger partial charge in [0.15, 0.2) is 6.19 Å². The van der Waals surface area contributed by atoms with E-state index in [0.717, 1.165) is 17.0 Å². The number of nitrogens with zero attached hydrogens (tertiary/aromatic N) is 2. The van der Waals surface area contributed by atoms with Gasteiger partial charge in [-0.05, 0) is 18.2 Å². The van der Waals surface area contributed by atoms with Gasteiger partial charge in [0.25, 0.3) is 0 Å². The van der Waals surface area contributed by atoms with Gasteiger partial charge in [-0.2, -0.15) is 18.4 Å². The molecule has 2 nitrogen and oxygen atoms in total. The van der Waals surface area contributed by atoms with E-state index in [4.69, 9.17) is 16.9 Å². The molecule has 0 saturated heterocycles. The lowest BCUT2D eigenvalue weighted by Gasteiger charge is -2.16. The van der Waals surface area contributed by atoms with Crippen LogP contribution in [0.25, 0.3) is 0 Å². The predicted molar refractivity (Wildman–Crippen MR) is 59.4 cm³/mol. The van der Waals surface area contributed by atoms with Crippen LogP contribution in [0, 0.1) is 11.5 Å². The zero-order chi connectivity index (χ0) is 13.1. The maximum Gasteiger partial charge on any atom is 0.416 e. The summed E-state index contributed by atoms with van der Waals surface area (Å²) in [6.45, 7) is 3.36. The summed E-state index contributed by atoms with van der Waals surface area (Å²) >= 11 is 5.52. The van der Waals surface area contributed by atoms with Crippen molar-refractivity contribution >= 4 is 17.3 Å². The van der Waals surface area contributed by atoms with Crippen LogP contribution < -0.4 is 4.90 Å². The third-order valence-electron chi connectivity index (χ3n) is 1.94. The number of anilines is 1. The van der Waals surface area contributed by atoms with Crippen molar-refractivity contribution < 1.29 is 13.2 Å². The molecule has 0 spiro atoms. The largest absolute Gasteiger partial charge is 0.416 e. The van der Waals surface area contributed by atoms with E-state index in [2.05, 4.69) is 6.58 Å². The fourth-order valence-corrected chi connectivity index (χ4v) is 1.33. The van der Waals surface area contributed by atoms with E-state index >= 15 is 0 Å². The van der Waals surface area contributed by atoms with E-state index in [9.17, 15) is 13.2 Å². The van der Waals surface area contributed by atoms with Crippen molar-refractivity contribution in [1.29, 1.82) is 5.26 Å². The third kappa shape index (κ3) is 3.68. The quantitative estimate of drug-likeness (QED) is 0.611. The lowest BCUT2D eigenvalue weighted by Crippen LogP contribution is -2.18. The molecule has 0 aromatic heterocycles. The zero-order valence-electron chi connectivity index (χ0n) is 8.63. The average Bonchev–Trinajstić information content (AvgIpc) is 2.24. The zero-order valence-corrected chi connectivity index (χ0v) is 9.39. The summed E-state index contributed by atoms with van der Waals surface area (Å²) in [5.74, 6) is 0. The molecule has 0 unspecified atom stereocenters. The first-order valence-electron chi connectivity index (χ1n) is 4.52. The summed E-state index contributed by atoms with van der Waals surface area (Å²) in [7, 11) is 0. The number of benzene rings is 1. The van der Waals surface area contributed by atoms with Crippen molar-refractivity contribution in [1.82, 2.24) is 0 Å². The molecule has 0 heterocycles. The Kier molecular flexibility index (Phi) is 4.02. The molecule has 17 heavy (non-hydrogen) atoms. The van der Waals surface area contributed by atoms with Crippen molar-refractivity contribution in [3.63, 3.8) is 0 Å². The standard InChI is InChI=1S/C11H8ClF3N2/c1-8(12)6-17(7-16)10-4-2-3-9(5-10)11(13,14)15/h2-5H,1,6H2. The van der Waals surface area contributed by atoms with E-state index in [1.807, 2.05) is 0 Å². The van der Waals surface area contributed by atoms with Crippen molar-refractivity contribution in [2.45, 2.75) is 6.18 Å². The fourth-order valence-electron chi connectivity index (χ4n) is 1.21. The molecule has 0 N–H and O–H groups in total. The van der Waals surface area contributed by atoms with Gasteiger partial charge in [-0.3, -0.25) is 4.90 Å².